The first-order chi connectivity index (χ1) is 30.7. The van der Waals surface area contributed by atoms with Gasteiger partial charge in [-0.2, -0.15) is 25.3 Å². The van der Waals surface area contributed by atoms with E-state index < -0.39 is 60.9 Å². The zero-order valence-corrected chi connectivity index (χ0v) is 36.8. The van der Waals surface area contributed by atoms with E-state index in [2.05, 4.69) is 9.97 Å². The Morgan fingerprint density at radius 1 is 0.569 bits per heavy atom. The Hall–Kier alpha value is -6.48. The van der Waals surface area contributed by atoms with Gasteiger partial charge in [0.05, 0.1) is 28.2 Å². The van der Waals surface area contributed by atoms with Crippen molar-refractivity contribution >= 4 is 87.7 Å². The van der Waals surface area contributed by atoms with Crippen LogP contribution in [-0.2, 0) is 40.0 Å². The molecule has 0 aliphatic carbocycles. The number of nitrogens with zero attached hydrogens (tertiary/aromatic N) is 2. The third kappa shape index (κ3) is 7.43. The molecule has 0 spiro atoms. The molecule has 2 atom stereocenters. The third-order valence-electron chi connectivity index (χ3n) is 11.0. The van der Waals surface area contributed by atoms with Gasteiger partial charge in [0.15, 0.2) is 9.87 Å². The minimum Gasteiger partial charge on any atom is -0.478 e. The number of fused-ring (bicyclic) bond motifs is 6. The molecule has 65 heavy (non-hydrogen) atoms. The first-order valence-electron chi connectivity index (χ1n) is 19.1. The lowest BCUT2D eigenvalue weighted by Gasteiger charge is -2.36. The van der Waals surface area contributed by atoms with E-state index in [0.29, 0.717) is 5.56 Å². The van der Waals surface area contributed by atoms with E-state index >= 15 is 0 Å². The minimum absolute atomic E-state index is 0.000709. The Balaban J connectivity index is 1.54. The zero-order valence-electron chi connectivity index (χ0n) is 32.9. The minimum atomic E-state index is -5.04. The molecule has 0 saturated carbocycles. The van der Waals surface area contributed by atoms with Crippen LogP contribution in [0.4, 0.5) is 0 Å². The van der Waals surface area contributed by atoms with Crippen LogP contribution in [0.15, 0.2) is 176 Å². The normalized spacial score (nSPS) is 19.7. The second-order valence-electron chi connectivity index (χ2n) is 14.8. The molecule has 2 aromatic heterocycles. The summed E-state index contributed by atoms with van der Waals surface area (Å²) < 4.78 is 110. The molecule has 328 valence electrons. The highest BCUT2D eigenvalue weighted by Gasteiger charge is 2.54. The van der Waals surface area contributed by atoms with E-state index in [1.165, 1.54) is 97.1 Å². The maximum absolute atomic E-state index is 13.2. The van der Waals surface area contributed by atoms with Gasteiger partial charge in [-0.3, -0.25) is 18.7 Å². The van der Waals surface area contributed by atoms with E-state index in [1.54, 1.807) is 30.3 Å². The van der Waals surface area contributed by atoms with Crippen LogP contribution < -0.4 is 10.7 Å². The monoisotopic (exact) mass is 968 g/mol. The van der Waals surface area contributed by atoms with Crippen LogP contribution in [-0.4, -0.2) is 76.4 Å². The number of nitrogens with one attached hydrogen (secondary N) is 2. The van der Waals surface area contributed by atoms with Crippen molar-refractivity contribution in [3.8, 4) is 11.1 Å². The summed E-state index contributed by atoms with van der Waals surface area (Å²) >= 11 is 15.4. The molecule has 0 radical (unpaired) electrons. The lowest BCUT2D eigenvalue weighted by Crippen LogP contribution is -2.41. The van der Waals surface area contributed by atoms with Crippen LogP contribution in [0.1, 0.15) is 28.1 Å². The number of carboxylic acids is 1. The number of aliphatic imine (C=N–C) groups is 2. The van der Waals surface area contributed by atoms with E-state index in [-0.39, 0.29) is 78.2 Å². The molecule has 6 aromatic rings. The first kappa shape index (κ1) is 43.8. The van der Waals surface area contributed by atoms with Crippen molar-refractivity contribution in [1.82, 2.24) is 9.97 Å². The quantitative estimate of drug-likeness (QED) is 0.0577. The van der Waals surface area contributed by atoms with Gasteiger partial charge in [0.1, 0.15) is 20.3 Å². The number of aliphatic carboxylic acids is 1. The molecule has 8 bridgehead atoms. The van der Waals surface area contributed by atoms with E-state index in [9.17, 15) is 48.8 Å². The van der Waals surface area contributed by atoms with Crippen molar-refractivity contribution in [2.24, 2.45) is 9.98 Å². The van der Waals surface area contributed by atoms with Crippen LogP contribution in [0.5, 0.6) is 0 Å². The molecule has 15 nitrogen and oxygen atoms in total. The lowest BCUT2D eigenvalue weighted by molar-refractivity contribution is -0.130. The Morgan fingerprint density at radius 3 is 1.68 bits per heavy atom. The smallest absolute Gasteiger partial charge is 0.340 e. The first-order valence-corrected chi connectivity index (χ1v) is 24.1. The van der Waals surface area contributed by atoms with Crippen molar-refractivity contribution in [2.75, 3.05) is 0 Å². The summed E-state index contributed by atoms with van der Waals surface area (Å²) in [5.41, 5.74) is -0.759. The second-order valence-corrected chi connectivity index (χ2v) is 20.2. The Bertz CT molecular complexity index is 3710. The Labute approximate surface area is 380 Å². The third-order valence-corrected chi connectivity index (χ3v) is 15.0. The van der Waals surface area contributed by atoms with Gasteiger partial charge in [0.2, 0.25) is 0 Å². The number of benzene rings is 4. The van der Waals surface area contributed by atoms with E-state index in [0.717, 1.165) is 18.2 Å². The van der Waals surface area contributed by atoms with Crippen molar-refractivity contribution in [3.63, 3.8) is 0 Å². The van der Waals surface area contributed by atoms with Crippen LogP contribution in [0, 0.1) is 0 Å². The molecular formula is C45H30Cl2N4O11S3. The van der Waals surface area contributed by atoms with Crippen LogP contribution in [0.3, 0.4) is 0 Å². The SMILES string of the molecule is O=C(O)C1=c2ccc([nH]2)=C(c2ccccc2S(=O)(=O)O)C2=NC(=C(c3ccccc3S(=O)(=O)O)c3[nH]c(cc3-c3ccccc3S(=O)(=O)O)C(Cl)(c3ccccc3)C3(Cl)C=CC1=N3)C=C2. The van der Waals surface area contributed by atoms with Gasteiger partial charge in [0.25, 0.3) is 30.4 Å². The number of carbonyl (C=O) groups is 1. The number of carboxylic acid groups (broad SMARTS) is 1. The van der Waals surface area contributed by atoms with E-state index in [4.69, 9.17) is 33.2 Å². The molecule has 4 aromatic carbocycles. The molecule has 3 aliphatic heterocycles. The van der Waals surface area contributed by atoms with Gasteiger partial charge in [-0.1, -0.05) is 96.5 Å². The molecule has 20 heteroatoms. The molecule has 0 saturated heterocycles. The highest BCUT2D eigenvalue weighted by Crippen LogP contribution is 2.54. The summed E-state index contributed by atoms with van der Waals surface area (Å²) in [6, 6.07) is 28.8. The lowest BCUT2D eigenvalue weighted by atomic mass is 9.86. The summed E-state index contributed by atoms with van der Waals surface area (Å²) in [7, 11) is -15.0. The average Bonchev–Trinajstić information content (AvgIpc) is 4.09. The van der Waals surface area contributed by atoms with Crippen molar-refractivity contribution in [2.45, 2.75) is 24.6 Å². The largest absolute Gasteiger partial charge is 0.478 e. The van der Waals surface area contributed by atoms with Crippen molar-refractivity contribution < 1.29 is 48.8 Å². The van der Waals surface area contributed by atoms with Crippen LogP contribution >= 0.6 is 23.2 Å². The van der Waals surface area contributed by atoms with Gasteiger partial charge in [-0.05, 0) is 66.3 Å². The maximum atomic E-state index is 13.2. The number of H-pyrrole nitrogens is 2. The van der Waals surface area contributed by atoms with Crippen LogP contribution in [0.25, 0.3) is 27.8 Å². The zero-order chi connectivity index (χ0) is 46.3. The second kappa shape index (κ2) is 15.6. The predicted molar refractivity (Wildman–Crippen MR) is 243 cm³/mol. The molecule has 0 fully saturated rings. The molecule has 0 amide bonds. The molecule has 5 heterocycles. The van der Waals surface area contributed by atoms with Gasteiger partial charge in [0, 0.05) is 44.4 Å². The summed E-state index contributed by atoms with van der Waals surface area (Å²) in [5.74, 6) is -1.44. The van der Waals surface area contributed by atoms with E-state index in [1.807, 2.05) is 0 Å². The van der Waals surface area contributed by atoms with Gasteiger partial charge in [-0.25, -0.2) is 9.79 Å². The summed E-state index contributed by atoms with van der Waals surface area (Å²) in [6.07, 6.45) is 5.64. The van der Waals surface area contributed by atoms with Crippen LogP contribution in [0.2, 0.25) is 0 Å². The number of halogens is 2. The molecule has 9 rings (SSSR count). The fraction of sp³-hybridized carbons (Fsp3) is 0.0444. The topological polar surface area (TPSA) is 257 Å². The maximum Gasteiger partial charge on any atom is 0.340 e. The predicted octanol–water partition coefficient (Wildman–Crippen LogP) is 6.10. The fourth-order valence-corrected chi connectivity index (χ4v) is 11.1. The number of aromatic amines is 2. The number of alkyl halides is 2. The number of hydrogen-bond donors (Lipinski definition) is 6. The van der Waals surface area contributed by atoms with Crippen molar-refractivity contribution in [3.05, 3.63) is 190 Å². The summed E-state index contributed by atoms with van der Waals surface area (Å²) in [4.78, 5) is 23.4. The number of hydrogen-bond acceptors (Lipinski definition) is 9. The summed E-state index contributed by atoms with van der Waals surface area (Å²) in [5, 5.41) is 10.8. The molecule has 3 aliphatic rings. The molecule has 6 N–H and O–H groups in total. The number of aromatic nitrogens is 2. The molecule has 2 unspecified atom stereocenters. The fourth-order valence-electron chi connectivity index (χ4n) is 8.26. The standard InChI is InChI=1S/C45H30Cl2N4O11S3/c46-44-23-22-34(51-44)41(43(52)53)33-21-19-31(49-33)39(27-13-5-8-16-36(27)64(57,58)59)30-18-20-32(48-30)40(28-14-6-9-17-37(28)65(60,61)62)42-29(26-12-4-7-15-35(26)63(54,55)56)24-38(50-42)45(44,47)25-10-2-1-3-11-25/h1-24,49-50H,(H,52,53)(H,54,55,56)(H,57,58,59)(H,60,61,62). The van der Waals surface area contributed by atoms with Gasteiger partial charge in [-0.15, -0.1) is 11.6 Å². The Kier molecular flexibility index (Phi) is 10.5. The number of allylic oxidation sites excluding steroid dienone is 3. The summed E-state index contributed by atoms with van der Waals surface area (Å²) in [6.45, 7) is 0. The molecular weight excluding hydrogens is 940 g/mol. The highest BCUT2D eigenvalue weighted by molar-refractivity contribution is 7.86. The highest BCUT2D eigenvalue weighted by atomic mass is 35.5. The average molecular weight is 970 g/mol. The van der Waals surface area contributed by atoms with Gasteiger partial charge >= 0.3 is 5.97 Å². The van der Waals surface area contributed by atoms with Crippen molar-refractivity contribution in [1.29, 1.82) is 0 Å². The Morgan fingerprint density at radius 2 is 1.09 bits per heavy atom. The van der Waals surface area contributed by atoms with Gasteiger partial charge < -0.3 is 15.1 Å². The number of rotatable bonds is 8.